The van der Waals surface area contributed by atoms with E-state index in [4.69, 9.17) is 4.74 Å². The maximum absolute atomic E-state index is 11.3. The molecule has 30 heavy (non-hydrogen) atoms. The molecule has 0 heterocycles. The van der Waals surface area contributed by atoms with E-state index >= 15 is 0 Å². The molecule has 0 saturated carbocycles. The molecule has 150 valence electrons. The molecule has 3 aromatic rings. The second-order valence-corrected chi connectivity index (χ2v) is 7.28. The Morgan fingerprint density at radius 1 is 0.967 bits per heavy atom. The van der Waals surface area contributed by atoms with Crippen LogP contribution in [0.1, 0.15) is 36.5 Å². The first-order chi connectivity index (χ1) is 14.5. The molecule has 4 rings (SSSR count). The fourth-order valence-electron chi connectivity index (χ4n) is 3.75. The van der Waals surface area contributed by atoms with Crippen molar-refractivity contribution < 1.29 is 14.5 Å². The van der Waals surface area contributed by atoms with Gasteiger partial charge in [0.1, 0.15) is 11.5 Å². The maximum atomic E-state index is 11.3. The van der Waals surface area contributed by atoms with Crippen molar-refractivity contribution in [2.75, 3.05) is 6.61 Å². The number of carbonyl (C=O) groups excluding carboxylic acids is 1. The second-order valence-electron chi connectivity index (χ2n) is 7.28. The zero-order chi connectivity index (χ0) is 21.1. The van der Waals surface area contributed by atoms with E-state index in [2.05, 4.69) is 0 Å². The topological polar surface area (TPSA) is 69.4 Å². The molecule has 0 atom stereocenters. The highest BCUT2D eigenvalue weighted by Gasteiger charge is 2.25. The average molecular weight is 399 g/mol. The summed E-state index contributed by atoms with van der Waals surface area (Å²) in [7, 11) is 0. The van der Waals surface area contributed by atoms with E-state index in [0.717, 1.165) is 39.1 Å². The summed E-state index contributed by atoms with van der Waals surface area (Å²) in [6.07, 6.45) is 3.18. The summed E-state index contributed by atoms with van der Waals surface area (Å²) >= 11 is 0. The van der Waals surface area contributed by atoms with Gasteiger partial charge in [-0.3, -0.25) is 10.1 Å². The number of non-ortho nitro benzene ring substituents is 1. The largest absolute Gasteiger partial charge is 0.493 e. The summed E-state index contributed by atoms with van der Waals surface area (Å²) in [6, 6.07) is 20.7. The Balaban J connectivity index is 1.75. The molecule has 0 amide bonds. The summed E-state index contributed by atoms with van der Waals surface area (Å²) < 4.78 is 5.93. The number of benzene rings is 3. The van der Waals surface area contributed by atoms with Gasteiger partial charge in [-0.2, -0.15) is 0 Å². The number of nitro benzene ring substituents is 1. The first-order valence-corrected chi connectivity index (χ1v) is 9.86. The molecule has 0 bridgehead atoms. The molecular weight excluding hydrogens is 378 g/mol. The van der Waals surface area contributed by atoms with Crippen LogP contribution in [0.5, 0.6) is 5.75 Å². The number of para-hydroxylation sites is 1. The lowest BCUT2D eigenvalue weighted by Gasteiger charge is -2.10. The third-order valence-electron chi connectivity index (χ3n) is 5.16. The molecule has 0 N–H and O–H groups in total. The van der Waals surface area contributed by atoms with Gasteiger partial charge < -0.3 is 9.53 Å². The molecule has 0 aromatic heterocycles. The Morgan fingerprint density at radius 3 is 2.43 bits per heavy atom. The first kappa shape index (κ1) is 19.6. The van der Waals surface area contributed by atoms with E-state index in [9.17, 15) is 14.9 Å². The van der Waals surface area contributed by atoms with Gasteiger partial charge in [0.15, 0.2) is 0 Å². The molecule has 0 radical (unpaired) electrons. The average Bonchev–Trinajstić information content (AvgIpc) is 3.05. The van der Waals surface area contributed by atoms with E-state index in [1.54, 1.807) is 19.1 Å². The summed E-state index contributed by atoms with van der Waals surface area (Å²) in [5.74, 6) is 0.875. The molecule has 5 nitrogen and oxygen atoms in total. The zero-order valence-corrected chi connectivity index (χ0v) is 16.6. The van der Waals surface area contributed by atoms with Gasteiger partial charge in [0.25, 0.3) is 5.69 Å². The van der Waals surface area contributed by atoms with Crippen LogP contribution in [0.2, 0.25) is 0 Å². The van der Waals surface area contributed by atoms with E-state index in [1.807, 2.05) is 60.7 Å². The van der Waals surface area contributed by atoms with E-state index in [-0.39, 0.29) is 16.4 Å². The van der Waals surface area contributed by atoms with Crippen LogP contribution in [0, 0.1) is 10.1 Å². The first-order valence-electron chi connectivity index (χ1n) is 9.86. The summed E-state index contributed by atoms with van der Waals surface area (Å²) in [6.45, 7) is 2.03. The highest BCUT2D eigenvalue weighted by Crippen LogP contribution is 2.46. The molecule has 0 saturated heterocycles. The van der Waals surface area contributed by atoms with Gasteiger partial charge in [0.05, 0.1) is 11.5 Å². The van der Waals surface area contributed by atoms with Gasteiger partial charge in [-0.1, -0.05) is 42.5 Å². The number of fused-ring (bicyclic) bond motifs is 3. The lowest BCUT2D eigenvalue weighted by molar-refractivity contribution is -0.384. The fraction of sp³-hybridized carbons (Fsp3) is 0.160. The van der Waals surface area contributed by atoms with Gasteiger partial charge in [-0.15, -0.1) is 0 Å². The Bertz CT molecular complexity index is 1160. The highest BCUT2D eigenvalue weighted by molar-refractivity contribution is 6.07. The lowest BCUT2D eigenvalue weighted by atomic mass is 10.0. The summed E-state index contributed by atoms with van der Waals surface area (Å²) in [4.78, 5) is 22.1. The number of hydrogen-bond acceptors (Lipinski definition) is 4. The van der Waals surface area contributed by atoms with Crippen molar-refractivity contribution in [3.05, 3.63) is 93.5 Å². The second kappa shape index (κ2) is 8.33. The Kier molecular flexibility index (Phi) is 5.44. The van der Waals surface area contributed by atoms with Crippen LogP contribution >= 0.6 is 0 Å². The smallest absolute Gasteiger partial charge is 0.270 e. The molecule has 0 spiro atoms. The predicted molar refractivity (Wildman–Crippen MR) is 117 cm³/mol. The summed E-state index contributed by atoms with van der Waals surface area (Å²) in [5.41, 5.74) is 5.83. The van der Waals surface area contributed by atoms with Gasteiger partial charge in [-0.25, -0.2) is 0 Å². The van der Waals surface area contributed by atoms with Crippen molar-refractivity contribution >= 4 is 23.1 Å². The fourth-order valence-corrected chi connectivity index (χ4v) is 3.75. The molecule has 5 heteroatoms. The minimum absolute atomic E-state index is 0.0706. The van der Waals surface area contributed by atoms with Gasteiger partial charge >= 0.3 is 0 Å². The molecule has 0 fully saturated rings. The molecular formula is C25H21NO4. The monoisotopic (exact) mass is 399 g/mol. The predicted octanol–water partition coefficient (Wildman–Crippen LogP) is 5.91. The quantitative estimate of drug-likeness (QED) is 0.220. The number of hydrogen-bond donors (Lipinski definition) is 0. The Morgan fingerprint density at radius 2 is 1.67 bits per heavy atom. The minimum Gasteiger partial charge on any atom is -0.493 e. The van der Waals surface area contributed by atoms with Crippen LogP contribution in [0.25, 0.3) is 22.8 Å². The number of nitro groups is 1. The van der Waals surface area contributed by atoms with Crippen molar-refractivity contribution in [3.8, 4) is 16.9 Å². The number of Topliss-reactive ketones (excluding diaryl/α,β-unsaturated/α-hetero) is 1. The minimum atomic E-state index is -0.368. The van der Waals surface area contributed by atoms with Crippen molar-refractivity contribution in [1.29, 1.82) is 0 Å². The Labute approximate surface area is 174 Å². The van der Waals surface area contributed by atoms with Crippen LogP contribution < -0.4 is 4.74 Å². The number of ether oxygens (including phenoxy) is 1. The van der Waals surface area contributed by atoms with Crippen LogP contribution in [0.3, 0.4) is 0 Å². The molecule has 3 aromatic carbocycles. The number of rotatable bonds is 7. The van der Waals surface area contributed by atoms with Gasteiger partial charge in [0.2, 0.25) is 0 Å². The number of ketones is 1. The van der Waals surface area contributed by atoms with Crippen molar-refractivity contribution in [1.82, 2.24) is 0 Å². The van der Waals surface area contributed by atoms with Crippen LogP contribution in [0.4, 0.5) is 5.69 Å². The number of carbonyl (C=O) groups is 1. The van der Waals surface area contributed by atoms with E-state index in [0.29, 0.717) is 19.4 Å². The van der Waals surface area contributed by atoms with Crippen molar-refractivity contribution in [2.24, 2.45) is 0 Å². The zero-order valence-electron chi connectivity index (χ0n) is 16.6. The third kappa shape index (κ3) is 3.87. The van der Waals surface area contributed by atoms with Crippen LogP contribution in [-0.4, -0.2) is 17.3 Å². The Hall–Kier alpha value is -3.73. The van der Waals surface area contributed by atoms with E-state index in [1.165, 1.54) is 0 Å². The number of nitrogens with zero attached hydrogens (tertiary/aromatic N) is 1. The maximum Gasteiger partial charge on any atom is 0.270 e. The normalized spacial score (nSPS) is 13.0. The molecule has 0 aliphatic heterocycles. The summed E-state index contributed by atoms with van der Waals surface area (Å²) in [5, 5.41) is 11.3. The molecule has 1 aliphatic carbocycles. The molecule has 0 unspecified atom stereocenters. The van der Waals surface area contributed by atoms with Gasteiger partial charge in [0, 0.05) is 24.1 Å². The SMILES string of the molecule is CC(=O)CCCOc1ccccc1C=C1c2ccccc2-c2ccc([N+](=O)[O-])cc21. The lowest BCUT2D eigenvalue weighted by Crippen LogP contribution is -2.01. The van der Waals surface area contributed by atoms with Crippen molar-refractivity contribution in [2.45, 2.75) is 19.8 Å². The molecule has 1 aliphatic rings. The van der Waals surface area contributed by atoms with Crippen molar-refractivity contribution in [3.63, 3.8) is 0 Å². The van der Waals surface area contributed by atoms with E-state index < -0.39 is 0 Å². The third-order valence-corrected chi connectivity index (χ3v) is 5.16. The van der Waals surface area contributed by atoms with Crippen LogP contribution in [0.15, 0.2) is 66.7 Å². The van der Waals surface area contributed by atoms with Gasteiger partial charge in [-0.05, 0) is 59.4 Å². The van der Waals surface area contributed by atoms with Crippen LogP contribution in [-0.2, 0) is 4.79 Å². The highest BCUT2D eigenvalue weighted by atomic mass is 16.6. The standard InChI is InChI=1S/C25H21NO4/c1-17(27)7-6-14-30-25-11-5-2-8-18(25)15-23-21-10-4-3-9-20(21)22-13-12-19(26(28)29)16-24(22)23/h2-5,8-13,15-16H,6-7,14H2,1H3.